The predicted molar refractivity (Wildman–Crippen MR) is 227 cm³/mol. The van der Waals surface area contributed by atoms with Crippen molar-refractivity contribution in [2.45, 2.75) is 84.6 Å². The molecular formula is C41H48ClN9O6S2. The first-order chi connectivity index (χ1) is 28.4. The first-order valence-electron chi connectivity index (χ1n) is 19.3. The fraction of sp³-hybridized carbons (Fsp3) is 0.341. The number of benzene rings is 3. The molecule has 0 spiro atoms. The molecule has 59 heavy (non-hydrogen) atoms. The van der Waals surface area contributed by atoms with Crippen LogP contribution in [0.5, 0.6) is 0 Å². The second kappa shape index (κ2) is 19.9. The second-order valence-electron chi connectivity index (χ2n) is 14.3. The third kappa shape index (κ3) is 10.7. The molecule has 15 nitrogen and oxygen atoms in total. The molecule has 0 bridgehead atoms. The second-order valence-corrected chi connectivity index (χ2v) is 17.1. The molecule has 0 aliphatic carbocycles. The molecule has 9 N–H and O–H groups in total. The summed E-state index contributed by atoms with van der Waals surface area (Å²) in [6.07, 6.45) is 7.46. The lowest BCUT2D eigenvalue weighted by atomic mass is 9.98. The number of hydrogen-bond acceptors (Lipinski definition) is 11. The van der Waals surface area contributed by atoms with Gasteiger partial charge in [-0.05, 0) is 91.7 Å². The minimum absolute atomic E-state index is 0.0603. The molecule has 0 saturated heterocycles. The van der Waals surface area contributed by atoms with E-state index in [1.54, 1.807) is 43.7 Å². The summed E-state index contributed by atoms with van der Waals surface area (Å²) in [5.74, 6) is -1.29. The average Bonchev–Trinajstić information content (AvgIpc) is 3.64. The zero-order valence-corrected chi connectivity index (χ0v) is 34.9. The lowest BCUT2D eigenvalue weighted by Gasteiger charge is -2.32. The summed E-state index contributed by atoms with van der Waals surface area (Å²) in [6.45, 7) is 0.834. The van der Waals surface area contributed by atoms with E-state index in [4.69, 9.17) is 23.1 Å². The summed E-state index contributed by atoms with van der Waals surface area (Å²) >= 11 is 8.19. The van der Waals surface area contributed by atoms with Crippen molar-refractivity contribution in [3.63, 3.8) is 0 Å². The van der Waals surface area contributed by atoms with Crippen molar-refractivity contribution in [1.82, 2.24) is 35.8 Å². The van der Waals surface area contributed by atoms with Crippen LogP contribution < -0.4 is 27.4 Å². The predicted octanol–water partition coefficient (Wildman–Crippen LogP) is 4.19. The molecule has 0 saturated carbocycles. The molecule has 2 aromatic heterocycles. The number of para-hydroxylation sites is 1. The number of halogens is 1. The van der Waals surface area contributed by atoms with Crippen LogP contribution in [-0.4, -0.2) is 88.8 Å². The van der Waals surface area contributed by atoms with Gasteiger partial charge in [0.05, 0.1) is 21.7 Å². The van der Waals surface area contributed by atoms with Crippen molar-refractivity contribution in [2.75, 3.05) is 20.1 Å². The van der Waals surface area contributed by atoms with Crippen LogP contribution in [-0.2, 0) is 44.0 Å². The summed E-state index contributed by atoms with van der Waals surface area (Å²) in [6, 6.07) is 14.1. The Kier molecular flexibility index (Phi) is 14.7. The molecule has 18 heteroatoms. The lowest BCUT2D eigenvalue weighted by Crippen LogP contribution is -2.57. The maximum Gasteiger partial charge on any atom is 0.294 e. The number of hydrogen-bond donors (Lipinski definition) is 7. The van der Waals surface area contributed by atoms with E-state index in [0.717, 1.165) is 16.5 Å². The summed E-state index contributed by atoms with van der Waals surface area (Å²) in [7, 11) is -2.89. The number of rotatable bonds is 11. The van der Waals surface area contributed by atoms with Crippen LogP contribution in [0.1, 0.15) is 48.9 Å². The number of nitrogens with one attached hydrogen (secondary N) is 4. The van der Waals surface area contributed by atoms with Crippen LogP contribution in [0.25, 0.3) is 22.0 Å². The van der Waals surface area contributed by atoms with Crippen molar-refractivity contribution < 1.29 is 27.4 Å². The fourth-order valence-electron chi connectivity index (χ4n) is 7.12. The standard InChI is InChI=1S/C41H48ClN9O6S2/c1-51-36(21-26-22-47-32-8-3-2-7-29(26)32)39(53)49-23-30-28(25-11-13-27(14-12-25)59(55,56)57)15-16-31(42)37(30)58-40-35(45-19-20-46-40)24-48-33(10-6-18-44)38(52)50-34(41(51)54)9-4-5-17-43/h2-3,7-8,11-16,19-20,22,33-34,36,47-48H,4-6,9-10,17-18,21,23-24,43-44H2,1H3,(H,49,53)(H,50,52)(H,55,56,57)/t33-,34-,36-/m0/s1. The molecule has 0 radical (unpaired) electrons. The highest BCUT2D eigenvalue weighted by atomic mass is 35.5. The van der Waals surface area contributed by atoms with E-state index < -0.39 is 46.0 Å². The maximum atomic E-state index is 14.7. The molecular weight excluding hydrogens is 814 g/mol. The molecule has 1 aliphatic heterocycles. The number of fused-ring (bicyclic) bond motifs is 3. The Balaban J connectivity index is 1.48. The van der Waals surface area contributed by atoms with E-state index in [2.05, 4.69) is 30.9 Å². The first-order valence-corrected chi connectivity index (χ1v) is 21.9. The highest BCUT2D eigenvalue weighted by Crippen LogP contribution is 2.41. The Morgan fingerprint density at radius 1 is 0.898 bits per heavy atom. The normalized spacial score (nSPS) is 18.5. The van der Waals surface area contributed by atoms with E-state index in [-0.39, 0.29) is 24.4 Å². The number of H-pyrrole nitrogens is 1. The highest BCUT2D eigenvalue weighted by Gasteiger charge is 2.34. The van der Waals surface area contributed by atoms with Gasteiger partial charge in [-0.25, -0.2) is 4.98 Å². The van der Waals surface area contributed by atoms with Crippen LogP contribution in [0.15, 0.2) is 94.1 Å². The van der Waals surface area contributed by atoms with Gasteiger partial charge in [0.2, 0.25) is 17.7 Å². The molecule has 5 aromatic rings. The number of nitrogens with zero attached hydrogens (tertiary/aromatic N) is 3. The largest absolute Gasteiger partial charge is 0.361 e. The number of carbonyl (C=O) groups is 3. The molecule has 3 atom stereocenters. The Bertz CT molecular complexity index is 2400. The third-order valence-corrected chi connectivity index (χ3v) is 12.8. The molecule has 6 rings (SSSR count). The van der Waals surface area contributed by atoms with Crippen molar-refractivity contribution in [3.05, 3.63) is 101 Å². The Morgan fingerprint density at radius 2 is 1.63 bits per heavy atom. The van der Waals surface area contributed by atoms with Crippen molar-refractivity contribution in [2.24, 2.45) is 11.5 Å². The smallest absolute Gasteiger partial charge is 0.294 e. The van der Waals surface area contributed by atoms with Gasteiger partial charge in [-0.2, -0.15) is 8.42 Å². The molecule has 0 unspecified atom stereocenters. The number of aromatic nitrogens is 3. The maximum absolute atomic E-state index is 14.7. The van der Waals surface area contributed by atoms with Gasteiger partial charge in [0.1, 0.15) is 17.1 Å². The molecule has 3 heterocycles. The quantitative estimate of drug-likeness (QED) is 0.0732. The van der Waals surface area contributed by atoms with Gasteiger partial charge in [-0.1, -0.05) is 59.8 Å². The molecule has 312 valence electrons. The SMILES string of the molecule is CN1C(=O)[C@H](CCCCN)NC(=O)[C@H](CCCN)NCc2nccnc2Sc2c(Cl)ccc(-c3ccc(S(=O)(=O)O)cc3)c2CNC(=O)[C@@H]1Cc1c[nH]c2ccccc12. The van der Waals surface area contributed by atoms with E-state index in [9.17, 15) is 27.4 Å². The van der Waals surface area contributed by atoms with Crippen LogP contribution in [0.2, 0.25) is 5.02 Å². The van der Waals surface area contributed by atoms with Crippen molar-refractivity contribution in [1.29, 1.82) is 0 Å². The number of likely N-dealkylation sites (N-methyl/N-ethyl adjacent to an activating group) is 1. The number of amides is 3. The van der Waals surface area contributed by atoms with Gasteiger partial charge >= 0.3 is 0 Å². The molecule has 1 aliphatic rings. The van der Waals surface area contributed by atoms with Crippen LogP contribution in [0.4, 0.5) is 0 Å². The number of nitrogens with two attached hydrogens (primary N) is 2. The van der Waals surface area contributed by atoms with E-state index in [1.807, 2.05) is 30.5 Å². The van der Waals surface area contributed by atoms with Crippen LogP contribution in [0, 0.1) is 0 Å². The summed E-state index contributed by atoms with van der Waals surface area (Å²) in [4.78, 5) is 57.5. The van der Waals surface area contributed by atoms with Gasteiger partial charge in [-0.15, -0.1) is 0 Å². The molecule has 3 aromatic carbocycles. The minimum Gasteiger partial charge on any atom is -0.361 e. The van der Waals surface area contributed by atoms with Gasteiger partial charge in [0.25, 0.3) is 10.1 Å². The fourth-order valence-corrected chi connectivity index (χ4v) is 8.91. The van der Waals surface area contributed by atoms with Crippen molar-refractivity contribution in [3.8, 4) is 11.1 Å². The van der Waals surface area contributed by atoms with E-state index in [1.165, 1.54) is 28.8 Å². The summed E-state index contributed by atoms with van der Waals surface area (Å²) in [5, 5.41) is 11.1. The summed E-state index contributed by atoms with van der Waals surface area (Å²) < 4.78 is 33.4. The van der Waals surface area contributed by atoms with Crippen LogP contribution >= 0.6 is 23.4 Å². The Labute approximate surface area is 352 Å². The molecule has 3 amide bonds. The van der Waals surface area contributed by atoms with Gasteiger partial charge in [-0.3, -0.25) is 23.9 Å². The monoisotopic (exact) mass is 861 g/mol. The van der Waals surface area contributed by atoms with Gasteiger partial charge < -0.3 is 37.3 Å². The zero-order valence-electron chi connectivity index (χ0n) is 32.5. The minimum atomic E-state index is -4.46. The zero-order chi connectivity index (χ0) is 42.1. The first kappa shape index (κ1) is 43.7. The Morgan fingerprint density at radius 3 is 2.37 bits per heavy atom. The van der Waals surface area contributed by atoms with Crippen molar-refractivity contribution >= 4 is 62.1 Å². The number of carbonyl (C=O) groups excluding carboxylic acids is 3. The number of unbranched alkanes of at least 4 members (excludes halogenated alkanes) is 1. The lowest BCUT2D eigenvalue weighted by molar-refractivity contribution is -0.142. The Hall–Kier alpha value is -4.88. The van der Waals surface area contributed by atoms with E-state index >= 15 is 0 Å². The third-order valence-electron chi connectivity index (χ3n) is 10.3. The van der Waals surface area contributed by atoms with Gasteiger partial charge in [0, 0.05) is 60.9 Å². The number of aromatic amines is 1. The summed E-state index contributed by atoms with van der Waals surface area (Å²) in [5.41, 5.74) is 15.7. The molecule has 0 fully saturated rings. The van der Waals surface area contributed by atoms with Crippen LogP contribution in [0.3, 0.4) is 0 Å². The van der Waals surface area contributed by atoms with E-state index in [0.29, 0.717) is 82.5 Å². The highest BCUT2D eigenvalue weighted by molar-refractivity contribution is 7.99. The average molecular weight is 862 g/mol. The van der Waals surface area contributed by atoms with Gasteiger partial charge in [0.15, 0.2) is 0 Å². The topological polar surface area (TPSA) is 239 Å².